The van der Waals surface area contributed by atoms with Gasteiger partial charge in [0.1, 0.15) is 18.3 Å². The predicted octanol–water partition coefficient (Wildman–Crippen LogP) is -2.07. The molecule has 1 aromatic heterocycles. The van der Waals surface area contributed by atoms with E-state index in [0.717, 1.165) is 4.68 Å². The van der Waals surface area contributed by atoms with Crippen LogP contribution in [0.3, 0.4) is 0 Å². The van der Waals surface area contributed by atoms with Gasteiger partial charge in [-0.15, -0.1) is 5.10 Å². The number of hydrogen-bond acceptors (Lipinski definition) is 8. The third kappa shape index (κ3) is 2.29. The minimum Gasteiger partial charge on any atom is -0.394 e. The van der Waals surface area contributed by atoms with Crippen LogP contribution in [0.1, 0.15) is 16.8 Å². The van der Waals surface area contributed by atoms with Gasteiger partial charge in [-0.3, -0.25) is 4.79 Å². The van der Waals surface area contributed by atoms with Crippen LogP contribution in [0.2, 0.25) is 0 Å². The van der Waals surface area contributed by atoms with Crippen LogP contribution in [0, 0.1) is 0 Å². The molecule has 1 aliphatic rings. The second kappa shape index (κ2) is 5.40. The predicted molar refractivity (Wildman–Crippen MR) is 60.4 cm³/mol. The fourth-order valence-corrected chi connectivity index (χ4v) is 1.78. The molecule has 12 heteroatoms. The third-order valence-corrected chi connectivity index (χ3v) is 2.73. The third-order valence-electron chi connectivity index (χ3n) is 2.73. The maximum absolute atomic E-state index is 11.0. The number of carbonyl (C=O) groups excluding carboxylic acids is 1. The summed E-state index contributed by atoms with van der Waals surface area (Å²) in [7, 11) is 0. The summed E-state index contributed by atoms with van der Waals surface area (Å²) in [5.41, 5.74) is 13.4. The molecule has 12 nitrogen and oxygen atoms in total. The van der Waals surface area contributed by atoms with Crippen molar-refractivity contribution < 1.29 is 24.9 Å². The molecule has 5 N–H and O–H groups in total. The zero-order valence-corrected chi connectivity index (χ0v) is 9.94. The smallest absolute Gasteiger partial charge is 0.288 e. The summed E-state index contributed by atoms with van der Waals surface area (Å²) in [5, 5.41) is 35.3. The fourth-order valence-electron chi connectivity index (χ4n) is 1.78. The van der Waals surface area contributed by atoms with E-state index in [2.05, 4.69) is 20.1 Å². The summed E-state index contributed by atoms with van der Waals surface area (Å²) in [6, 6.07) is 0. The highest BCUT2D eigenvalue weighted by Gasteiger charge is 2.44. The van der Waals surface area contributed by atoms with Crippen molar-refractivity contribution in [2.75, 3.05) is 6.61 Å². The van der Waals surface area contributed by atoms with E-state index in [-0.39, 0.29) is 5.95 Å². The van der Waals surface area contributed by atoms with Gasteiger partial charge in [0.15, 0.2) is 6.23 Å². The Morgan fingerprint density at radius 2 is 2.25 bits per heavy atom. The number of primary amides is 1. The number of aliphatic hydroxyl groups is 3. The van der Waals surface area contributed by atoms with Crippen LogP contribution in [0.25, 0.3) is 10.4 Å². The van der Waals surface area contributed by atoms with Crippen LogP contribution in [0.15, 0.2) is 5.11 Å². The van der Waals surface area contributed by atoms with Crippen LogP contribution in [0.4, 0.5) is 5.95 Å². The lowest BCUT2D eigenvalue weighted by Gasteiger charge is -2.15. The Hall–Kier alpha value is -2.24. The minimum atomic E-state index is -1.46. The summed E-state index contributed by atoms with van der Waals surface area (Å²) >= 11 is 0. The van der Waals surface area contributed by atoms with Gasteiger partial charge < -0.3 is 25.8 Å². The van der Waals surface area contributed by atoms with Gasteiger partial charge in [-0.1, -0.05) is 0 Å². The number of amides is 1. The van der Waals surface area contributed by atoms with E-state index >= 15 is 0 Å². The molecular weight excluding hydrogens is 274 g/mol. The maximum Gasteiger partial charge on any atom is 0.288 e. The van der Waals surface area contributed by atoms with Crippen LogP contribution >= 0.6 is 0 Å². The van der Waals surface area contributed by atoms with Crippen molar-refractivity contribution in [1.29, 1.82) is 0 Å². The lowest BCUT2D eigenvalue weighted by Crippen LogP contribution is -2.33. The average Bonchev–Trinajstić information content (AvgIpc) is 2.94. The average molecular weight is 285 g/mol. The number of carbonyl (C=O) groups is 1. The van der Waals surface area contributed by atoms with Crippen molar-refractivity contribution in [3.8, 4) is 0 Å². The molecule has 0 aromatic carbocycles. The fraction of sp³-hybridized carbons (Fsp3) is 0.625. The van der Waals surface area contributed by atoms with Crippen LogP contribution in [0.5, 0.6) is 0 Å². The van der Waals surface area contributed by atoms with Crippen molar-refractivity contribution in [1.82, 2.24) is 14.8 Å². The normalized spacial score (nSPS) is 29.1. The van der Waals surface area contributed by atoms with E-state index in [4.69, 9.17) is 21.1 Å². The van der Waals surface area contributed by atoms with Gasteiger partial charge in [0.05, 0.1) is 6.61 Å². The van der Waals surface area contributed by atoms with Crippen molar-refractivity contribution in [3.05, 3.63) is 16.3 Å². The highest BCUT2D eigenvalue weighted by Crippen LogP contribution is 2.31. The van der Waals surface area contributed by atoms with E-state index in [1.54, 1.807) is 0 Å². The van der Waals surface area contributed by atoms with Crippen molar-refractivity contribution in [2.24, 2.45) is 10.8 Å². The van der Waals surface area contributed by atoms with Crippen LogP contribution in [-0.4, -0.2) is 60.9 Å². The first-order chi connectivity index (χ1) is 9.49. The molecule has 0 radical (unpaired) electrons. The number of azide groups is 1. The Labute approximate surface area is 111 Å². The largest absolute Gasteiger partial charge is 0.394 e. The molecule has 1 saturated heterocycles. The summed E-state index contributed by atoms with van der Waals surface area (Å²) in [6.07, 6.45) is -5.15. The Morgan fingerprint density at radius 3 is 2.75 bits per heavy atom. The molecular formula is C8H11N7O5. The zero-order chi connectivity index (χ0) is 14.9. The molecule has 1 aliphatic heterocycles. The minimum absolute atomic E-state index is 0.365. The molecule has 0 spiro atoms. The summed E-state index contributed by atoms with van der Waals surface area (Å²) in [5.74, 6) is -1.77. The second-order valence-corrected chi connectivity index (χ2v) is 3.96. The maximum atomic E-state index is 11.0. The van der Waals surface area contributed by atoms with Gasteiger partial charge in [-0.2, -0.15) is 0 Å². The molecule has 0 bridgehead atoms. The van der Waals surface area contributed by atoms with Gasteiger partial charge in [0, 0.05) is 4.91 Å². The zero-order valence-electron chi connectivity index (χ0n) is 9.94. The van der Waals surface area contributed by atoms with Gasteiger partial charge in [-0.05, 0) is 10.6 Å². The number of aromatic nitrogens is 3. The first-order valence-corrected chi connectivity index (χ1v) is 5.43. The lowest BCUT2D eigenvalue weighted by atomic mass is 10.1. The Kier molecular flexibility index (Phi) is 3.83. The number of aliphatic hydroxyl groups excluding tert-OH is 3. The lowest BCUT2D eigenvalue weighted by molar-refractivity contribution is -0.0578. The van der Waals surface area contributed by atoms with Crippen LogP contribution < -0.4 is 5.73 Å². The number of ether oxygens (including phenoxy) is 1. The Balaban J connectivity index is 2.41. The monoisotopic (exact) mass is 285 g/mol. The Bertz CT molecular complexity index is 568. The first-order valence-electron chi connectivity index (χ1n) is 5.43. The van der Waals surface area contributed by atoms with Crippen molar-refractivity contribution >= 4 is 11.9 Å². The van der Waals surface area contributed by atoms with E-state index in [0.29, 0.717) is 0 Å². The number of rotatable bonds is 4. The molecule has 1 fully saturated rings. The van der Waals surface area contributed by atoms with Gasteiger partial charge in [0.2, 0.25) is 11.8 Å². The summed E-state index contributed by atoms with van der Waals surface area (Å²) < 4.78 is 6.00. The van der Waals surface area contributed by atoms with E-state index < -0.39 is 42.9 Å². The highest BCUT2D eigenvalue weighted by molar-refractivity contribution is 5.88. The molecule has 2 rings (SSSR count). The SMILES string of the molecule is [N-]=[N+]=Nc1nc(C(N)=O)nn1[C@@H]1O[C@H](CO)[C@@H](O)[C@H]1O. The molecule has 0 aliphatic carbocycles. The number of nitrogens with zero attached hydrogens (tertiary/aromatic N) is 6. The molecule has 0 saturated carbocycles. The standard InChI is InChI=1S/C8H11N7O5/c9-5(19)6-11-8(12-14-10)15(13-6)7-4(18)3(17)2(1-16)20-7/h2-4,7,16-18H,1H2,(H2,9,19)/t2-,3-,4-,7-/m1/s1. The molecule has 1 aromatic rings. The molecule has 108 valence electrons. The van der Waals surface area contributed by atoms with Crippen LogP contribution in [-0.2, 0) is 4.74 Å². The van der Waals surface area contributed by atoms with E-state index in [1.165, 1.54) is 0 Å². The Morgan fingerprint density at radius 1 is 1.55 bits per heavy atom. The number of hydrogen-bond donors (Lipinski definition) is 4. The quantitative estimate of drug-likeness (QED) is 0.277. The van der Waals surface area contributed by atoms with Crippen molar-refractivity contribution in [3.63, 3.8) is 0 Å². The molecule has 1 amide bonds. The van der Waals surface area contributed by atoms with Gasteiger partial charge in [0.25, 0.3) is 5.91 Å². The first kappa shape index (κ1) is 14.2. The highest BCUT2D eigenvalue weighted by atomic mass is 16.6. The molecule has 0 unspecified atom stereocenters. The van der Waals surface area contributed by atoms with Gasteiger partial charge >= 0.3 is 0 Å². The summed E-state index contributed by atoms with van der Waals surface area (Å²) in [4.78, 5) is 17.1. The van der Waals surface area contributed by atoms with Crippen molar-refractivity contribution in [2.45, 2.75) is 24.5 Å². The van der Waals surface area contributed by atoms with Gasteiger partial charge in [-0.25, -0.2) is 9.67 Å². The second-order valence-electron chi connectivity index (χ2n) is 3.96. The number of nitrogens with two attached hydrogens (primary N) is 1. The van der Waals surface area contributed by atoms with E-state index in [1.807, 2.05) is 0 Å². The van der Waals surface area contributed by atoms with E-state index in [9.17, 15) is 15.0 Å². The topological polar surface area (TPSA) is 192 Å². The molecule has 2 heterocycles. The summed E-state index contributed by atoms with van der Waals surface area (Å²) in [6.45, 7) is -0.539. The molecule has 20 heavy (non-hydrogen) atoms. The molecule has 4 atom stereocenters.